The van der Waals surface area contributed by atoms with Gasteiger partial charge >= 0.3 is 26.2 Å². The fraction of sp³-hybridized carbons (Fsp3) is 0.214. The molecule has 0 amide bonds. The summed E-state index contributed by atoms with van der Waals surface area (Å²) in [7, 11) is 0.759. The second-order valence-electron chi connectivity index (χ2n) is 8.48. The minimum absolute atomic E-state index is 0. The molecular weight excluding hydrogens is 511 g/mol. The first-order chi connectivity index (χ1) is 15.4. The molecule has 4 aromatic rings. The molecule has 2 aromatic heterocycles. The molecule has 0 saturated heterocycles. The summed E-state index contributed by atoms with van der Waals surface area (Å²) in [6, 6.07) is 33.5. The maximum absolute atomic E-state index is 2.23. The maximum Gasteiger partial charge on any atom is 2.00 e. The Kier molecular flexibility index (Phi) is 19.8. The van der Waals surface area contributed by atoms with Crippen LogP contribution in [0.4, 0.5) is 0 Å². The molecule has 2 aromatic carbocycles. The van der Waals surface area contributed by atoms with E-state index in [-0.39, 0.29) is 26.2 Å². The van der Waals surface area contributed by atoms with Crippen LogP contribution in [0.1, 0.15) is 0 Å². The predicted octanol–water partition coefficient (Wildman–Crippen LogP) is 8.12. The summed E-state index contributed by atoms with van der Waals surface area (Å²) in [6.45, 7) is 13.4. The van der Waals surface area contributed by atoms with Gasteiger partial charge in [-0.3, -0.25) is 23.8 Å². The van der Waals surface area contributed by atoms with Crippen LogP contribution in [-0.4, -0.2) is 52.7 Å². The number of hydrogen-bond acceptors (Lipinski definition) is 0. The predicted molar refractivity (Wildman–Crippen MR) is 157 cm³/mol. The normalized spacial score (nSPS) is 9.21. The Hall–Kier alpha value is -0.987. The van der Waals surface area contributed by atoms with Crippen LogP contribution < -0.4 is 0 Å². The second kappa shape index (κ2) is 20.4. The average Bonchev–Trinajstić information content (AvgIpc) is 2.81. The molecule has 5 heteroatoms. The Bertz CT molecular complexity index is 775. The minimum atomic E-state index is 0. The van der Waals surface area contributed by atoms with Gasteiger partial charge in [-0.15, -0.1) is 40.1 Å². The summed E-state index contributed by atoms with van der Waals surface area (Å²) < 4.78 is 0. The number of hydrogen-bond donors (Lipinski definition) is 0. The van der Waals surface area contributed by atoms with Gasteiger partial charge in [-0.25, -0.2) is 10.9 Å². The van der Waals surface area contributed by atoms with E-state index in [0.29, 0.717) is 28.5 Å². The van der Waals surface area contributed by atoms with Gasteiger partial charge in [-0.2, -0.15) is 0 Å². The van der Waals surface area contributed by atoms with E-state index in [1.165, 1.54) is 10.9 Å². The first-order valence-electron chi connectivity index (χ1n) is 11.1. The van der Waals surface area contributed by atoms with E-state index >= 15 is 0 Å². The van der Waals surface area contributed by atoms with Crippen molar-refractivity contribution in [1.29, 1.82) is 0 Å². The van der Waals surface area contributed by atoms with E-state index < -0.39 is 0 Å². The zero-order valence-electron chi connectivity index (χ0n) is 21.1. The molecule has 0 atom stereocenters. The molecule has 0 N–H and O–H groups in total. The zero-order valence-corrected chi connectivity index (χ0v) is 25.3. The van der Waals surface area contributed by atoms with Crippen LogP contribution in [0.3, 0.4) is 0 Å². The molecule has 2 heterocycles. The van der Waals surface area contributed by atoms with Crippen molar-refractivity contribution in [2.24, 2.45) is 0 Å². The Labute approximate surface area is 225 Å². The Morgan fingerprint density at radius 2 is 0.606 bits per heavy atom. The van der Waals surface area contributed by atoms with Crippen LogP contribution >= 0.6 is 15.8 Å². The molecule has 0 saturated carbocycles. The van der Waals surface area contributed by atoms with E-state index in [4.69, 9.17) is 0 Å². The molecule has 0 radical (unpaired) electrons. The molecule has 0 fully saturated rings. The van der Waals surface area contributed by atoms with Gasteiger partial charge in [-0.05, 0) is 40.0 Å². The fourth-order valence-electron chi connectivity index (χ4n) is 2.79. The summed E-state index contributed by atoms with van der Waals surface area (Å²) in [5.74, 6) is 8.81. The van der Waals surface area contributed by atoms with Crippen LogP contribution in [0.2, 0.25) is 0 Å². The van der Waals surface area contributed by atoms with Crippen molar-refractivity contribution in [2.75, 3.05) is 40.0 Å². The third kappa shape index (κ3) is 17.2. The average molecular weight is 549 g/mol. The Morgan fingerprint density at radius 3 is 0.848 bits per heavy atom. The summed E-state index contributed by atoms with van der Waals surface area (Å²) >= 11 is 0. The quantitative estimate of drug-likeness (QED) is 0.222. The van der Waals surface area contributed by atoms with E-state index in [9.17, 15) is 0 Å². The molecule has 4 rings (SSSR count). The maximum atomic E-state index is 2.23. The number of benzene rings is 2. The summed E-state index contributed by atoms with van der Waals surface area (Å²) in [6.07, 6.45) is 0.937. The van der Waals surface area contributed by atoms with Gasteiger partial charge in [0.05, 0.1) is 0 Å². The molecule has 0 nitrogen and oxygen atoms in total. The van der Waals surface area contributed by atoms with Crippen molar-refractivity contribution >= 4 is 28.5 Å². The van der Waals surface area contributed by atoms with Crippen LogP contribution in [0, 0.1) is 0 Å². The fourth-order valence-corrected chi connectivity index (χ4v) is 2.79. The largest absolute Gasteiger partial charge is 2.00 e. The van der Waals surface area contributed by atoms with Crippen molar-refractivity contribution in [3.8, 4) is 10.9 Å². The molecule has 0 spiro atoms. The molecule has 33 heavy (non-hydrogen) atoms. The van der Waals surface area contributed by atoms with Crippen molar-refractivity contribution in [3.05, 3.63) is 121 Å². The summed E-state index contributed by atoms with van der Waals surface area (Å²) in [5.41, 5.74) is 2.72. The van der Waals surface area contributed by atoms with Crippen molar-refractivity contribution in [1.82, 2.24) is 0 Å². The first kappa shape index (κ1) is 32.0. The summed E-state index contributed by atoms with van der Waals surface area (Å²) in [4.78, 5) is 0. The van der Waals surface area contributed by atoms with Crippen LogP contribution in [0.15, 0.2) is 121 Å². The van der Waals surface area contributed by atoms with Crippen molar-refractivity contribution < 1.29 is 26.2 Å². The van der Waals surface area contributed by atoms with Gasteiger partial charge in [-0.1, -0.05) is 85.5 Å². The zero-order chi connectivity index (χ0) is 23.6. The molecule has 170 valence electrons. The van der Waals surface area contributed by atoms with Gasteiger partial charge in [0.25, 0.3) is 0 Å². The monoisotopic (exact) mass is 548 g/mol. The van der Waals surface area contributed by atoms with Crippen molar-refractivity contribution in [2.45, 2.75) is 0 Å². The molecule has 0 unspecified atom stereocenters. The SMILES string of the molecule is CP(C)C.CP(C)C.[Zr+2].c1cc[b-](-c2ccccc2)cc1.c1cc[b-](-c2ccccc2)cc1. The topological polar surface area (TPSA) is 0 Å². The molecule has 0 aliphatic rings. The third-order valence-corrected chi connectivity index (χ3v) is 4.09. The van der Waals surface area contributed by atoms with Crippen molar-refractivity contribution in [3.63, 3.8) is 0 Å². The van der Waals surface area contributed by atoms with Crippen LogP contribution in [0.25, 0.3) is 10.9 Å². The van der Waals surface area contributed by atoms with Gasteiger partial charge in [0, 0.05) is 0 Å². The second-order valence-corrected chi connectivity index (χ2v) is 13.8. The Morgan fingerprint density at radius 1 is 0.394 bits per heavy atom. The smallest absolute Gasteiger partial charge is 0.259 e. The van der Waals surface area contributed by atoms with Gasteiger partial charge in [0.2, 0.25) is 0 Å². The molecule has 0 bridgehead atoms. The van der Waals surface area contributed by atoms with Gasteiger partial charge in [0.15, 0.2) is 0 Å². The molecule has 0 aliphatic carbocycles. The minimum Gasteiger partial charge on any atom is -0.259 e. The van der Waals surface area contributed by atoms with Crippen LogP contribution in [-0.2, 0) is 26.2 Å². The van der Waals surface area contributed by atoms with E-state index in [1.54, 1.807) is 0 Å². The molecule has 0 aliphatic heterocycles. The molecular formula is C28H38B2P2Zr. The van der Waals surface area contributed by atoms with Gasteiger partial charge in [0.1, 0.15) is 0 Å². The number of rotatable bonds is 2. The van der Waals surface area contributed by atoms with E-state index in [0.717, 1.165) is 0 Å². The first-order valence-corrected chi connectivity index (χ1v) is 16.4. The van der Waals surface area contributed by atoms with E-state index in [1.807, 2.05) is 12.1 Å². The summed E-state index contributed by atoms with van der Waals surface area (Å²) in [5, 5.41) is 0. The Balaban J connectivity index is 0.000000462. The standard InChI is InChI=1S/2C11H10B.2C3H9P.Zr/c2*1-3-7-11(8-4-1)12-9-5-2-6-10-12;2*1-4(2)3;/h2*1-10H;2*1-3H3;/q2*-1;;;+2. The van der Waals surface area contributed by atoms with Crippen LogP contribution in [0.5, 0.6) is 0 Å². The third-order valence-electron chi connectivity index (χ3n) is 4.09. The van der Waals surface area contributed by atoms with Gasteiger partial charge < -0.3 is 0 Å². The van der Waals surface area contributed by atoms with E-state index in [2.05, 4.69) is 149 Å².